The van der Waals surface area contributed by atoms with Crippen LogP contribution in [0.2, 0.25) is 0 Å². The van der Waals surface area contributed by atoms with E-state index in [1.165, 1.54) is 36.6 Å². The van der Waals surface area contributed by atoms with Gasteiger partial charge in [0.25, 0.3) is 0 Å². The first-order valence-electron chi connectivity index (χ1n) is 8.68. The van der Waals surface area contributed by atoms with Crippen molar-refractivity contribution in [3.05, 3.63) is 29.3 Å². The third kappa shape index (κ3) is 5.55. The molecule has 0 spiro atoms. The molecule has 0 atom stereocenters. The molecule has 0 saturated heterocycles. The van der Waals surface area contributed by atoms with Crippen molar-refractivity contribution in [3.63, 3.8) is 0 Å². The normalized spacial score (nSPS) is 15.1. The molecule has 1 fully saturated rings. The number of hydrogen-bond donors (Lipinski definition) is 1. The van der Waals surface area contributed by atoms with Crippen molar-refractivity contribution in [3.8, 4) is 0 Å². The zero-order valence-electron chi connectivity index (χ0n) is 14.9. The number of anilines is 1. The fraction of sp³-hybridized carbons (Fsp3) is 0.579. The number of carbonyl (C=O) groups is 2. The van der Waals surface area contributed by atoms with E-state index in [2.05, 4.69) is 5.32 Å². The highest BCUT2D eigenvalue weighted by Crippen LogP contribution is 2.22. The SMILES string of the molecule is Cc1ccc(NC(=O)CSCC(=O)N(C)C2CCCCC2)c(C)c1. The number of rotatable bonds is 6. The van der Waals surface area contributed by atoms with Crippen LogP contribution in [0.5, 0.6) is 0 Å². The molecule has 24 heavy (non-hydrogen) atoms. The number of hydrogen-bond acceptors (Lipinski definition) is 3. The van der Waals surface area contributed by atoms with E-state index in [9.17, 15) is 9.59 Å². The maximum Gasteiger partial charge on any atom is 0.234 e. The summed E-state index contributed by atoms with van der Waals surface area (Å²) in [4.78, 5) is 26.2. The maximum atomic E-state index is 12.2. The number of carbonyl (C=O) groups excluding carboxylic acids is 2. The molecule has 132 valence electrons. The van der Waals surface area contributed by atoms with E-state index in [4.69, 9.17) is 0 Å². The monoisotopic (exact) mass is 348 g/mol. The third-order valence-electron chi connectivity index (χ3n) is 4.63. The fourth-order valence-electron chi connectivity index (χ4n) is 3.14. The van der Waals surface area contributed by atoms with Crippen molar-refractivity contribution in [2.75, 3.05) is 23.9 Å². The van der Waals surface area contributed by atoms with Crippen molar-refractivity contribution < 1.29 is 9.59 Å². The Morgan fingerprint density at radius 1 is 1.17 bits per heavy atom. The second-order valence-electron chi connectivity index (χ2n) is 6.66. The summed E-state index contributed by atoms with van der Waals surface area (Å²) in [5.74, 6) is 0.747. The van der Waals surface area contributed by atoms with Gasteiger partial charge in [0, 0.05) is 18.8 Å². The molecule has 1 saturated carbocycles. The highest BCUT2D eigenvalue weighted by atomic mass is 32.2. The zero-order valence-corrected chi connectivity index (χ0v) is 15.7. The quantitative estimate of drug-likeness (QED) is 0.851. The molecule has 1 N–H and O–H groups in total. The lowest BCUT2D eigenvalue weighted by Gasteiger charge is -2.31. The van der Waals surface area contributed by atoms with Crippen LogP contribution in [-0.2, 0) is 9.59 Å². The molecule has 1 aromatic rings. The fourth-order valence-corrected chi connectivity index (χ4v) is 3.88. The Bertz CT molecular complexity index is 583. The van der Waals surface area contributed by atoms with Crippen molar-refractivity contribution >= 4 is 29.3 Å². The highest BCUT2D eigenvalue weighted by molar-refractivity contribution is 8.00. The summed E-state index contributed by atoms with van der Waals surface area (Å²) in [6.07, 6.45) is 5.94. The van der Waals surface area contributed by atoms with E-state index < -0.39 is 0 Å². The van der Waals surface area contributed by atoms with Crippen LogP contribution in [0.4, 0.5) is 5.69 Å². The Labute approximate surface area is 149 Å². The lowest BCUT2D eigenvalue weighted by molar-refractivity contribution is -0.129. The Morgan fingerprint density at radius 2 is 1.88 bits per heavy atom. The zero-order chi connectivity index (χ0) is 17.5. The van der Waals surface area contributed by atoms with Crippen LogP contribution in [-0.4, -0.2) is 41.3 Å². The molecule has 5 heteroatoms. The predicted molar refractivity (Wildman–Crippen MR) is 102 cm³/mol. The van der Waals surface area contributed by atoms with Crippen LogP contribution >= 0.6 is 11.8 Å². The van der Waals surface area contributed by atoms with Crippen LogP contribution in [0.15, 0.2) is 18.2 Å². The molecule has 0 radical (unpaired) electrons. The molecule has 0 aliphatic heterocycles. The first-order chi connectivity index (χ1) is 11.5. The molecule has 4 nitrogen and oxygen atoms in total. The van der Waals surface area contributed by atoms with Crippen LogP contribution < -0.4 is 5.32 Å². The molecule has 1 aliphatic carbocycles. The topological polar surface area (TPSA) is 49.4 Å². The molecule has 0 aromatic heterocycles. The number of aryl methyl sites for hydroxylation is 2. The summed E-state index contributed by atoms with van der Waals surface area (Å²) < 4.78 is 0. The first kappa shape index (κ1) is 18.8. The van der Waals surface area contributed by atoms with Gasteiger partial charge >= 0.3 is 0 Å². The van der Waals surface area contributed by atoms with Gasteiger partial charge in [-0.25, -0.2) is 0 Å². The smallest absolute Gasteiger partial charge is 0.234 e. The molecular weight excluding hydrogens is 320 g/mol. The van der Waals surface area contributed by atoms with Gasteiger partial charge < -0.3 is 10.2 Å². The summed E-state index contributed by atoms with van der Waals surface area (Å²) >= 11 is 1.39. The summed E-state index contributed by atoms with van der Waals surface area (Å²) in [7, 11) is 1.90. The minimum Gasteiger partial charge on any atom is -0.342 e. The van der Waals surface area contributed by atoms with Gasteiger partial charge in [-0.15, -0.1) is 11.8 Å². The lowest BCUT2D eigenvalue weighted by Crippen LogP contribution is -2.39. The lowest BCUT2D eigenvalue weighted by atomic mass is 9.94. The number of thioether (sulfide) groups is 1. The van der Waals surface area contributed by atoms with Gasteiger partial charge in [-0.1, -0.05) is 37.0 Å². The van der Waals surface area contributed by atoms with Gasteiger partial charge in [0.2, 0.25) is 11.8 Å². The second kappa shape index (κ2) is 9.11. The molecule has 1 aromatic carbocycles. The van der Waals surface area contributed by atoms with Gasteiger partial charge in [0.05, 0.1) is 11.5 Å². The van der Waals surface area contributed by atoms with Gasteiger partial charge in [-0.05, 0) is 38.3 Å². The van der Waals surface area contributed by atoms with Crippen molar-refractivity contribution in [2.24, 2.45) is 0 Å². The summed E-state index contributed by atoms with van der Waals surface area (Å²) in [6, 6.07) is 6.34. The van der Waals surface area contributed by atoms with E-state index in [0.29, 0.717) is 17.5 Å². The van der Waals surface area contributed by atoms with Gasteiger partial charge in [-0.3, -0.25) is 9.59 Å². The molecular formula is C19H28N2O2S. The maximum absolute atomic E-state index is 12.2. The first-order valence-corrected chi connectivity index (χ1v) is 9.83. The number of amides is 2. The Hall–Kier alpha value is -1.49. The van der Waals surface area contributed by atoms with Crippen LogP contribution in [0.25, 0.3) is 0 Å². The minimum atomic E-state index is -0.0555. The number of nitrogens with one attached hydrogen (secondary N) is 1. The van der Waals surface area contributed by atoms with Crippen LogP contribution in [0.1, 0.15) is 43.2 Å². The van der Waals surface area contributed by atoms with E-state index >= 15 is 0 Å². The standard InChI is InChI=1S/C19H28N2O2S/c1-14-9-10-17(15(2)11-14)20-18(22)12-24-13-19(23)21(3)16-7-5-4-6-8-16/h9-11,16H,4-8,12-13H2,1-3H3,(H,20,22). The Morgan fingerprint density at radius 3 is 2.54 bits per heavy atom. The molecule has 0 bridgehead atoms. The summed E-state index contributed by atoms with van der Waals surface area (Å²) in [5, 5.41) is 2.92. The van der Waals surface area contributed by atoms with Gasteiger partial charge in [0.15, 0.2) is 0 Å². The summed E-state index contributed by atoms with van der Waals surface area (Å²) in [5.41, 5.74) is 3.08. The van der Waals surface area contributed by atoms with E-state index in [1.54, 1.807) is 0 Å². The van der Waals surface area contributed by atoms with Crippen LogP contribution in [0, 0.1) is 13.8 Å². The molecule has 2 amide bonds. The summed E-state index contributed by atoms with van der Waals surface area (Å²) in [6.45, 7) is 4.02. The van der Waals surface area contributed by atoms with Crippen molar-refractivity contribution in [1.29, 1.82) is 0 Å². The van der Waals surface area contributed by atoms with Crippen molar-refractivity contribution in [1.82, 2.24) is 4.90 Å². The molecule has 0 heterocycles. The Balaban J connectivity index is 1.72. The average molecular weight is 349 g/mol. The number of nitrogens with zero attached hydrogens (tertiary/aromatic N) is 1. The van der Waals surface area contributed by atoms with Crippen molar-refractivity contribution in [2.45, 2.75) is 52.0 Å². The Kier molecular flexibility index (Phi) is 7.16. The number of benzene rings is 1. The van der Waals surface area contributed by atoms with Crippen LogP contribution in [0.3, 0.4) is 0 Å². The van der Waals surface area contributed by atoms with E-state index in [0.717, 1.165) is 24.1 Å². The predicted octanol–water partition coefficient (Wildman–Crippen LogP) is 3.77. The minimum absolute atomic E-state index is 0.0555. The van der Waals surface area contributed by atoms with Gasteiger partial charge in [0.1, 0.15) is 0 Å². The average Bonchev–Trinajstić information content (AvgIpc) is 2.57. The molecule has 1 aliphatic rings. The van der Waals surface area contributed by atoms with E-state index in [1.807, 2.05) is 44.0 Å². The molecule has 0 unspecified atom stereocenters. The highest BCUT2D eigenvalue weighted by Gasteiger charge is 2.21. The molecule has 2 rings (SSSR count). The third-order valence-corrected chi connectivity index (χ3v) is 5.55. The second-order valence-corrected chi connectivity index (χ2v) is 7.64. The van der Waals surface area contributed by atoms with E-state index in [-0.39, 0.29) is 11.8 Å². The van der Waals surface area contributed by atoms with Gasteiger partial charge in [-0.2, -0.15) is 0 Å². The largest absolute Gasteiger partial charge is 0.342 e.